The molecule has 0 N–H and O–H groups in total. The SMILES string of the molecule is CC(C)(C)OC(=O)N1CC2(C1)CN(c1c(N(Cc3ccc(-c4nnc(C(F)F)o4)cc3)c3ccccc3)c(=O)c1=O)C2. The third-order valence-corrected chi connectivity index (χ3v) is 7.44. The van der Waals surface area contributed by atoms with Crippen LogP contribution in [-0.4, -0.2) is 53.0 Å². The molecular formula is C30H29F2N5O5. The Labute approximate surface area is 239 Å². The molecule has 0 bridgehead atoms. The van der Waals surface area contributed by atoms with E-state index in [9.17, 15) is 23.2 Å². The first-order chi connectivity index (χ1) is 19.9. The smallest absolute Gasteiger partial charge is 0.410 e. The van der Waals surface area contributed by atoms with Gasteiger partial charge >= 0.3 is 12.5 Å². The summed E-state index contributed by atoms with van der Waals surface area (Å²) in [6, 6.07) is 16.2. The Morgan fingerprint density at radius 1 is 1.00 bits per heavy atom. The van der Waals surface area contributed by atoms with Gasteiger partial charge in [0.15, 0.2) is 0 Å². The van der Waals surface area contributed by atoms with Gasteiger partial charge in [-0.05, 0) is 50.6 Å². The maximum absolute atomic E-state index is 13.0. The molecule has 218 valence electrons. The highest BCUT2D eigenvalue weighted by molar-refractivity contribution is 5.82. The highest BCUT2D eigenvalue weighted by Gasteiger charge is 2.55. The largest absolute Gasteiger partial charge is 0.444 e. The summed E-state index contributed by atoms with van der Waals surface area (Å²) in [6.45, 7) is 7.95. The molecule has 1 amide bonds. The molecule has 1 aromatic heterocycles. The van der Waals surface area contributed by atoms with E-state index in [0.717, 1.165) is 11.3 Å². The Balaban J connectivity index is 1.20. The fourth-order valence-electron chi connectivity index (χ4n) is 5.53. The molecule has 0 radical (unpaired) electrons. The maximum Gasteiger partial charge on any atom is 0.410 e. The lowest BCUT2D eigenvalue weighted by Gasteiger charge is -2.60. The standard InChI is InChI=1S/C30H29F2N5O5/c1-29(2,3)42-28(40)36-16-30(17-36)14-35(15-30)21-22(24(39)23(21)38)37(20-7-5-4-6-8-20)13-18-9-11-19(12-10-18)26-33-34-27(41-26)25(31)32/h4-12,25H,13-17H2,1-3H3. The average molecular weight is 578 g/mol. The van der Waals surface area contributed by atoms with Gasteiger partial charge in [0.2, 0.25) is 5.89 Å². The average Bonchev–Trinajstić information content (AvgIpc) is 3.40. The first-order valence-corrected chi connectivity index (χ1v) is 13.5. The Hall–Kier alpha value is -4.61. The number of aromatic nitrogens is 2. The van der Waals surface area contributed by atoms with Crippen LogP contribution >= 0.6 is 0 Å². The number of benzene rings is 2. The molecular weight excluding hydrogens is 548 g/mol. The van der Waals surface area contributed by atoms with E-state index >= 15 is 0 Å². The van der Waals surface area contributed by atoms with Gasteiger partial charge in [-0.3, -0.25) is 9.59 Å². The second-order valence-electron chi connectivity index (χ2n) is 11.9. The van der Waals surface area contributed by atoms with Crippen LogP contribution in [0, 0.1) is 5.41 Å². The van der Waals surface area contributed by atoms with Crippen molar-refractivity contribution >= 4 is 23.2 Å². The van der Waals surface area contributed by atoms with Gasteiger partial charge in [0, 0.05) is 49.4 Å². The Kier molecular flexibility index (Phi) is 6.58. The summed E-state index contributed by atoms with van der Waals surface area (Å²) < 4.78 is 36.2. The number of likely N-dealkylation sites (tertiary alicyclic amines) is 1. The van der Waals surface area contributed by atoms with Crippen LogP contribution in [0.15, 0.2) is 68.6 Å². The summed E-state index contributed by atoms with van der Waals surface area (Å²) in [5.74, 6) is -0.765. The minimum atomic E-state index is -2.86. The normalized spacial score (nSPS) is 16.0. The van der Waals surface area contributed by atoms with Crippen molar-refractivity contribution in [2.75, 3.05) is 36.0 Å². The minimum absolute atomic E-state index is 0.0190. The van der Waals surface area contributed by atoms with Crippen molar-refractivity contribution in [1.29, 1.82) is 0 Å². The predicted octanol–water partition coefficient (Wildman–Crippen LogP) is 4.67. The Bertz CT molecular complexity index is 1680. The van der Waals surface area contributed by atoms with E-state index in [1.165, 1.54) is 0 Å². The molecule has 42 heavy (non-hydrogen) atoms. The van der Waals surface area contributed by atoms with Crippen LogP contribution in [0.25, 0.3) is 11.5 Å². The summed E-state index contributed by atoms with van der Waals surface area (Å²) in [5, 5.41) is 7.05. The lowest BCUT2D eigenvalue weighted by molar-refractivity contribution is -0.0453. The highest BCUT2D eigenvalue weighted by Crippen LogP contribution is 2.44. The van der Waals surface area contributed by atoms with E-state index in [0.29, 0.717) is 43.1 Å². The number of ether oxygens (including phenoxy) is 1. The number of carbonyl (C=O) groups excluding carboxylic acids is 1. The Morgan fingerprint density at radius 2 is 1.67 bits per heavy atom. The van der Waals surface area contributed by atoms with Gasteiger partial charge < -0.3 is 23.9 Å². The van der Waals surface area contributed by atoms with E-state index in [4.69, 9.17) is 9.15 Å². The third-order valence-electron chi connectivity index (χ3n) is 7.44. The molecule has 1 spiro atoms. The fourth-order valence-corrected chi connectivity index (χ4v) is 5.53. The van der Waals surface area contributed by atoms with Crippen molar-refractivity contribution in [2.24, 2.45) is 5.41 Å². The van der Waals surface area contributed by atoms with E-state index in [1.807, 2.05) is 60.9 Å². The Morgan fingerprint density at radius 3 is 2.26 bits per heavy atom. The van der Waals surface area contributed by atoms with E-state index in [2.05, 4.69) is 10.2 Å². The summed E-state index contributed by atoms with van der Waals surface area (Å²) in [6.07, 6.45) is -3.21. The van der Waals surface area contributed by atoms with E-state index in [1.54, 1.807) is 29.2 Å². The minimum Gasteiger partial charge on any atom is -0.444 e. The van der Waals surface area contributed by atoms with Gasteiger partial charge in [-0.2, -0.15) is 8.78 Å². The molecule has 0 saturated carbocycles. The van der Waals surface area contributed by atoms with Crippen LogP contribution in [-0.2, 0) is 11.3 Å². The number of anilines is 3. The van der Waals surface area contributed by atoms with Crippen LogP contribution in [0.5, 0.6) is 0 Å². The zero-order chi connectivity index (χ0) is 29.8. The zero-order valence-electron chi connectivity index (χ0n) is 23.3. The molecule has 0 unspecified atom stereocenters. The summed E-state index contributed by atoms with van der Waals surface area (Å²) in [5.41, 5.74) is 0.957. The lowest BCUT2D eigenvalue weighted by atomic mass is 9.72. The molecule has 0 atom stereocenters. The van der Waals surface area contributed by atoms with Gasteiger partial charge in [-0.1, -0.05) is 30.3 Å². The van der Waals surface area contributed by atoms with Gasteiger partial charge in [0.25, 0.3) is 16.7 Å². The molecule has 4 aromatic rings. The van der Waals surface area contributed by atoms with Crippen molar-refractivity contribution in [3.8, 4) is 11.5 Å². The number of hydrogen-bond acceptors (Lipinski definition) is 9. The van der Waals surface area contributed by atoms with Crippen LogP contribution in [0.4, 0.5) is 30.6 Å². The molecule has 12 heteroatoms. The topological polar surface area (TPSA) is 109 Å². The molecule has 0 aliphatic carbocycles. The molecule has 2 fully saturated rings. The molecule has 10 nitrogen and oxygen atoms in total. The number of alkyl halides is 2. The molecule has 2 saturated heterocycles. The molecule has 2 aliphatic heterocycles. The van der Waals surface area contributed by atoms with Crippen LogP contribution in [0.3, 0.4) is 0 Å². The number of amides is 1. The number of halogens is 2. The number of nitrogens with zero attached hydrogens (tertiary/aromatic N) is 5. The third kappa shape index (κ3) is 5.01. The summed E-state index contributed by atoms with van der Waals surface area (Å²) in [7, 11) is 0. The second kappa shape index (κ2) is 10.0. The van der Waals surface area contributed by atoms with Crippen LogP contribution < -0.4 is 20.7 Å². The fraction of sp³-hybridized carbons (Fsp3) is 0.367. The van der Waals surface area contributed by atoms with Gasteiger partial charge in [-0.15, -0.1) is 10.2 Å². The second-order valence-corrected chi connectivity index (χ2v) is 11.9. The van der Waals surface area contributed by atoms with Crippen molar-refractivity contribution in [1.82, 2.24) is 15.1 Å². The molecule has 2 aliphatic rings. The van der Waals surface area contributed by atoms with Crippen molar-refractivity contribution in [2.45, 2.75) is 39.3 Å². The lowest BCUT2D eigenvalue weighted by Crippen LogP contribution is -2.74. The predicted molar refractivity (Wildman–Crippen MR) is 151 cm³/mol. The number of carbonyl (C=O) groups is 1. The monoisotopic (exact) mass is 577 g/mol. The first-order valence-electron chi connectivity index (χ1n) is 13.5. The molecule has 3 aromatic carbocycles. The van der Waals surface area contributed by atoms with Gasteiger partial charge in [-0.25, -0.2) is 4.79 Å². The number of rotatable bonds is 7. The molecule has 6 rings (SSSR count). The van der Waals surface area contributed by atoms with E-state index < -0.39 is 28.8 Å². The number of para-hydroxylation sites is 1. The van der Waals surface area contributed by atoms with E-state index in [-0.39, 0.29) is 23.9 Å². The highest BCUT2D eigenvalue weighted by atomic mass is 19.3. The van der Waals surface area contributed by atoms with Crippen molar-refractivity contribution in [3.05, 3.63) is 86.5 Å². The maximum atomic E-state index is 13.0. The summed E-state index contributed by atoms with van der Waals surface area (Å²) >= 11 is 0. The van der Waals surface area contributed by atoms with Crippen LogP contribution in [0.2, 0.25) is 0 Å². The zero-order valence-corrected chi connectivity index (χ0v) is 23.3. The van der Waals surface area contributed by atoms with Gasteiger partial charge in [0.05, 0.1) is 0 Å². The molecule has 3 heterocycles. The van der Waals surface area contributed by atoms with Crippen molar-refractivity contribution in [3.63, 3.8) is 0 Å². The van der Waals surface area contributed by atoms with Gasteiger partial charge in [0.1, 0.15) is 17.0 Å². The number of hydrogen-bond donors (Lipinski definition) is 0. The first kappa shape index (κ1) is 27.6. The quantitative estimate of drug-likeness (QED) is 0.290. The summed E-state index contributed by atoms with van der Waals surface area (Å²) in [4.78, 5) is 43.6. The van der Waals surface area contributed by atoms with Crippen molar-refractivity contribution < 1.29 is 22.7 Å². The van der Waals surface area contributed by atoms with Crippen LogP contribution in [0.1, 0.15) is 38.7 Å².